The van der Waals surface area contributed by atoms with Crippen LogP contribution in [0.3, 0.4) is 0 Å². The molecule has 140 valence electrons. The summed E-state index contributed by atoms with van der Waals surface area (Å²) < 4.78 is 40.1. The molecule has 1 aromatic rings. The van der Waals surface area contributed by atoms with Gasteiger partial charge >= 0.3 is 6.36 Å². The van der Waals surface area contributed by atoms with Crippen molar-refractivity contribution in [2.45, 2.75) is 6.36 Å². The average molecular weight is 382 g/mol. The lowest BCUT2D eigenvalue weighted by Gasteiger charge is -2.29. The van der Waals surface area contributed by atoms with Crippen molar-refractivity contribution in [3.05, 3.63) is 29.8 Å². The van der Waals surface area contributed by atoms with Gasteiger partial charge in [-0.1, -0.05) is 0 Å². The highest BCUT2D eigenvalue weighted by Crippen LogP contribution is 2.23. The quantitative estimate of drug-likeness (QED) is 0.859. The number of nitrogens with zero attached hydrogens (tertiary/aromatic N) is 2. The number of hydrogen-bond donors (Lipinski definition) is 1. The summed E-state index contributed by atoms with van der Waals surface area (Å²) in [6, 6.07) is 4.59. The van der Waals surface area contributed by atoms with Crippen LogP contribution in [-0.4, -0.2) is 67.7 Å². The summed E-state index contributed by atoms with van der Waals surface area (Å²) in [5.74, 6) is -1.01. The second kappa shape index (κ2) is 8.91. The van der Waals surface area contributed by atoms with E-state index >= 15 is 0 Å². The van der Waals surface area contributed by atoms with Gasteiger partial charge in [0.25, 0.3) is 5.91 Å². The molecule has 6 nitrogen and oxygen atoms in total. The molecule has 0 spiro atoms. The molecule has 0 bridgehead atoms. The molecule has 0 unspecified atom stereocenters. The molecule has 1 N–H and O–H groups in total. The van der Waals surface area contributed by atoms with E-state index in [4.69, 9.17) is 0 Å². The van der Waals surface area contributed by atoms with Crippen molar-refractivity contribution in [3.63, 3.8) is 0 Å². The molecule has 1 aliphatic heterocycles. The molecule has 2 rings (SSSR count). The van der Waals surface area contributed by atoms with E-state index < -0.39 is 18.0 Å². The van der Waals surface area contributed by atoms with Crippen molar-refractivity contribution in [2.24, 2.45) is 0 Å². The third-order valence-electron chi connectivity index (χ3n) is 3.52. The van der Waals surface area contributed by atoms with E-state index in [9.17, 15) is 22.8 Å². The monoisotopic (exact) mass is 381 g/mol. The highest BCUT2D eigenvalue weighted by molar-refractivity contribution is 5.96. The van der Waals surface area contributed by atoms with Crippen LogP contribution in [0.4, 0.5) is 13.2 Å². The number of amides is 2. The van der Waals surface area contributed by atoms with Crippen molar-refractivity contribution < 1.29 is 27.5 Å². The summed E-state index contributed by atoms with van der Waals surface area (Å²) in [6.45, 7) is 2.52. The first-order valence-electron chi connectivity index (χ1n) is 7.36. The minimum absolute atomic E-state index is 0. The zero-order chi connectivity index (χ0) is 17.7. The Balaban J connectivity index is 0.00000312. The lowest BCUT2D eigenvalue weighted by atomic mass is 10.2. The topological polar surface area (TPSA) is 61.9 Å². The lowest BCUT2D eigenvalue weighted by molar-refractivity contribution is -0.274. The van der Waals surface area contributed by atoms with Crippen LogP contribution in [0.5, 0.6) is 5.75 Å². The van der Waals surface area contributed by atoms with Crippen LogP contribution >= 0.6 is 12.4 Å². The fraction of sp³-hybridized carbons (Fsp3) is 0.467. The predicted molar refractivity (Wildman–Crippen MR) is 86.8 cm³/mol. The first-order chi connectivity index (χ1) is 11.3. The summed E-state index contributed by atoms with van der Waals surface area (Å²) in [7, 11) is 1.47. The third kappa shape index (κ3) is 6.43. The van der Waals surface area contributed by atoms with Crippen LogP contribution in [0.15, 0.2) is 24.3 Å². The van der Waals surface area contributed by atoms with Crippen molar-refractivity contribution >= 4 is 24.2 Å². The van der Waals surface area contributed by atoms with E-state index in [0.717, 1.165) is 12.1 Å². The van der Waals surface area contributed by atoms with Gasteiger partial charge in [0, 0.05) is 38.8 Å². The van der Waals surface area contributed by atoms with Crippen LogP contribution in [-0.2, 0) is 4.79 Å². The Bertz CT molecular complexity index is 590. The van der Waals surface area contributed by atoms with Crippen LogP contribution in [0, 0.1) is 0 Å². The Kier molecular flexibility index (Phi) is 7.50. The number of likely N-dealkylation sites (N-methyl/N-ethyl adjacent to an activating group) is 1. The van der Waals surface area contributed by atoms with E-state index in [-0.39, 0.29) is 30.4 Å². The summed E-state index contributed by atoms with van der Waals surface area (Å²) >= 11 is 0. The highest BCUT2D eigenvalue weighted by Gasteiger charge is 2.31. The SMILES string of the molecule is CN(CC(=O)N1CCNCC1)C(=O)c1ccc(OC(F)(F)F)cc1.Cl. The maximum Gasteiger partial charge on any atom is 0.573 e. The summed E-state index contributed by atoms with van der Waals surface area (Å²) in [6.07, 6.45) is -4.78. The Morgan fingerprint density at radius 3 is 2.28 bits per heavy atom. The van der Waals surface area contributed by atoms with E-state index in [1.165, 1.54) is 24.1 Å². The number of carbonyl (C=O) groups is 2. The normalized spacial score (nSPS) is 14.5. The number of halogens is 4. The van der Waals surface area contributed by atoms with E-state index in [2.05, 4.69) is 10.1 Å². The number of carbonyl (C=O) groups excluding carboxylic acids is 2. The van der Waals surface area contributed by atoms with E-state index in [1.54, 1.807) is 4.90 Å². The standard InChI is InChI=1S/C15H18F3N3O3.ClH/c1-20(10-13(22)21-8-6-19-7-9-21)14(23)11-2-4-12(5-3-11)24-15(16,17)18;/h2-5,19H,6-10H2,1H3;1H. The first-order valence-corrected chi connectivity index (χ1v) is 7.36. The van der Waals surface area contributed by atoms with Gasteiger partial charge in [-0.25, -0.2) is 0 Å². The fourth-order valence-electron chi connectivity index (χ4n) is 2.31. The van der Waals surface area contributed by atoms with Gasteiger partial charge in [0.15, 0.2) is 0 Å². The molecule has 10 heteroatoms. The first kappa shape index (κ1) is 21.0. The highest BCUT2D eigenvalue weighted by atomic mass is 35.5. The van der Waals surface area contributed by atoms with Crippen molar-refractivity contribution in [1.82, 2.24) is 15.1 Å². The number of nitrogens with one attached hydrogen (secondary N) is 1. The number of rotatable bonds is 4. The minimum atomic E-state index is -4.78. The van der Waals surface area contributed by atoms with Gasteiger partial charge in [-0.3, -0.25) is 9.59 Å². The molecule has 0 aromatic heterocycles. The molecule has 1 fully saturated rings. The summed E-state index contributed by atoms with van der Waals surface area (Å²) in [5.41, 5.74) is 0.181. The molecular weight excluding hydrogens is 363 g/mol. The van der Waals surface area contributed by atoms with Gasteiger partial charge in [-0.2, -0.15) is 0 Å². The molecule has 0 saturated carbocycles. The van der Waals surface area contributed by atoms with Crippen molar-refractivity contribution in [2.75, 3.05) is 39.8 Å². The maximum absolute atomic E-state index is 12.2. The van der Waals surface area contributed by atoms with Gasteiger partial charge in [-0.15, -0.1) is 25.6 Å². The Morgan fingerprint density at radius 1 is 1.20 bits per heavy atom. The molecule has 1 aromatic carbocycles. The zero-order valence-electron chi connectivity index (χ0n) is 13.5. The second-order valence-corrected chi connectivity index (χ2v) is 5.36. The molecule has 0 aliphatic carbocycles. The van der Waals surface area contributed by atoms with Gasteiger partial charge in [0.1, 0.15) is 5.75 Å². The van der Waals surface area contributed by atoms with Crippen LogP contribution in [0.2, 0.25) is 0 Å². The molecule has 25 heavy (non-hydrogen) atoms. The molecule has 2 amide bonds. The Hall–Kier alpha value is -2.00. The third-order valence-corrected chi connectivity index (χ3v) is 3.52. The lowest BCUT2D eigenvalue weighted by Crippen LogP contribution is -2.49. The van der Waals surface area contributed by atoms with E-state index in [1.807, 2.05) is 0 Å². The van der Waals surface area contributed by atoms with Gasteiger partial charge in [-0.05, 0) is 24.3 Å². The van der Waals surface area contributed by atoms with Crippen LogP contribution in [0.25, 0.3) is 0 Å². The maximum atomic E-state index is 12.2. The smallest absolute Gasteiger partial charge is 0.406 e. The van der Waals surface area contributed by atoms with Crippen molar-refractivity contribution in [1.29, 1.82) is 0 Å². The number of benzene rings is 1. The predicted octanol–water partition coefficient (Wildman–Crippen LogP) is 1.51. The molecular formula is C15H19ClF3N3O3. The van der Waals surface area contributed by atoms with E-state index in [0.29, 0.717) is 26.2 Å². The van der Waals surface area contributed by atoms with Gasteiger partial charge in [0.2, 0.25) is 5.91 Å². The number of alkyl halides is 3. The zero-order valence-corrected chi connectivity index (χ0v) is 14.3. The summed E-state index contributed by atoms with van der Waals surface area (Å²) in [5, 5.41) is 3.13. The van der Waals surface area contributed by atoms with Gasteiger partial charge < -0.3 is 19.9 Å². The van der Waals surface area contributed by atoms with Gasteiger partial charge in [0.05, 0.1) is 6.54 Å². The largest absolute Gasteiger partial charge is 0.573 e. The molecule has 1 aliphatic rings. The Labute approximate surface area is 149 Å². The summed E-state index contributed by atoms with van der Waals surface area (Å²) in [4.78, 5) is 27.3. The molecule has 1 heterocycles. The second-order valence-electron chi connectivity index (χ2n) is 5.36. The molecule has 0 atom stereocenters. The number of ether oxygens (including phenoxy) is 1. The van der Waals surface area contributed by atoms with Crippen LogP contribution in [0.1, 0.15) is 10.4 Å². The fourth-order valence-corrected chi connectivity index (χ4v) is 2.31. The number of hydrogen-bond acceptors (Lipinski definition) is 4. The molecule has 0 radical (unpaired) electrons. The molecule has 1 saturated heterocycles. The average Bonchev–Trinajstić information content (AvgIpc) is 2.54. The van der Waals surface area contributed by atoms with Crippen LogP contribution < -0.4 is 10.1 Å². The Morgan fingerprint density at radius 2 is 1.76 bits per heavy atom. The number of piperazine rings is 1. The van der Waals surface area contributed by atoms with Crippen molar-refractivity contribution in [3.8, 4) is 5.75 Å². The minimum Gasteiger partial charge on any atom is -0.406 e.